The maximum Gasteiger partial charge on any atom is 0.322 e. The number of benzene rings is 1. The number of sulfonamides is 1. The van der Waals surface area contributed by atoms with Crippen LogP contribution in [0.25, 0.3) is 0 Å². The van der Waals surface area contributed by atoms with E-state index in [1.165, 1.54) is 31.4 Å². The monoisotopic (exact) mass is 303 g/mol. The topological polar surface area (TPSA) is 113 Å². The highest BCUT2D eigenvalue weighted by molar-refractivity contribution is 7.89. The van der Waals surface area contributed by atoms with Gasteiger partial charge < -0.3 is 14.9 Å². The molecule has 0 spiro atoms. The van der Waals surface area contributed by atoms with Crippen LogP contribution in [0.4, 0.5) is 0 Å². The molecule has 8 heteroatoms. The number of aromatic hydroxyl groups is 1. The number of carbonyl (C=O) groups is 1. The molecule has 1 aromatic carbocycles. The zero-order chi connectivity index (χ0) is 15.2. The summed E-state index contributed by atoms with van der Waals surface area (Å²) < 4.78 is 30.1. The van der Waals surface area contributed by atoms with E-state index in [-0.39, 0.29) is 24.5 Å². The molecule has 0 aromatic heterocycles. The summed E-state index contributed by atoms with van der Waals surface area (Å²) in [5.41, 5.74) is 0.602. The average Bonchev–Trinajstić information content (AvgIpc) is 2.38. The Morgan fingerprint density at radius 2 is 1.95 bits per heavy atom. The number of hydrogen-bond acceptors (Lipinski definition) is 5. The molecule has 0 aliphatic heterocycles. The zero-order valence-electron chi connectivity index (χ0n) is 10.9. The minimum atomic E-state index is -3.72. The summed E-state index contributed by atoms with van der Waals surface area (Å²) in [5.74, 6) is -1.51. The van der Waals surface area contributed by atoms with E-state index in [0.717, 1.165) is 0 Å². The summed E-state index contributed by atoms with van der Waals surface area (Å²) in [6.45, 7) is -0.0130. The molecule has 0 radical (unpaired) electrons. The average molecular weight is 303 g/mol. The van der Waals surface area contributed by atoms with Crippen molar-refractivity contribution in [2.24, 2.45) is 0 Å². The van der Waals surface area contributed by atoms with Crippen LogP contribution in [0.5, 0.6) is 5.75 Å². The summed E-state index contributed by atoms with van der Waals surface area (Å²) in [6.07, 6.45) is -0.0121. The summed E-state index contributed by atoms with van der Waals surface area (Å²) >= 11 is 0. The second kappa shape index (κ2) is 7.22. The molecular weight excluding hydrogens is 286 g/mol. The molecule has 1 atom stereocenters. The van der Waals surface area contributed by atoms with E-state index in [1.807, 2.05) is 0 Å². The third kappa shape index (κ3) is 5.55. The Hall–Kier alpha value is -1.64. The summed E-state index contributed by atoms with van der Waals surface area (Å²) in [6, 6.07) is 4.63. The number of rotatable bonds is 8. The molecular formula is C12H17NO6S. The molecule has 20 heavy (non-hydrogen) atoms. The second-order valence-corrected chi connectivity index (χ2v) is 6.06. The maximum atomic E-state index is 11.7. The Labute approximate surface area is 117 Å². The van der Waals surface area contributed by atoms with Crippen LogP contribution in [-0.2, 0) is 26.0 Å². The number of phenols is 1. The van der Waals surface area contributed by atoms with Gasteiger partial charge in [0, 0.05) is 7.11 Å². The predicted octanol–water partition coefficient (Wildman–Crippen LogP) is -0.0463. The molecule has 1 rings (SSSR count). The second-order valence-electron chi connectivity index (χ2n) is 4.19. The third-order valence-electron chi connectivity index (χ3n) is 2.55. The quantitative estimate of drug-likeness (QED) is 0.621. The highest BCUT2D eigenvalue weighted by Gasteiger charge is 2.24. The molecule has 0 bridgehead atoms. The maximum absolute atomic E-state index is 11.7. The number of ether oxygens (including phenoxy) is 1. The first-order valence-corrected chi connectivity index (χ1v) is 7.49. The number of carboxylic acids is 1. The number of methoxy groups -OCH3 is 1. The lowest BCUT2D eigenvalue weighted by Gasteiger charge is -2.14. The van der Waals surface area contributed by atoms with Crippen molar-refractivity contribution in [3.05, 3.63) is 29.8 Å². The number of nitrogens with one attached hydrogen (secondary N) is 1. The van der Waals surface area contributed by atoms with Crippen LogP contribution < -0.4 is 4.72 Å². The molecule has 1 unspecified atom stereocenters. The molecule has 1 aromatic rings. The Balaban J connectivity index is 2.75. The zero-order valence-corrected chi connectivity index (χ0v) is 11.8. The SMILES string of the molecule is COCCS(=O)(=O)NC(Cc1ccc(O)cc1)C(=O)O. The third-order valence-corrected chi connectivity index (χ3v) is 3.90. The molecule has 7 nitrogen and oxygen atoms in total. The van der Waals surface area contributed by atoms with Gasteiger partial charge in [-0.05, 0) is 24.1 Å². The van der Waals surface area contributed by atoms with E-state index < -0.39 is 22.0 Å². The van der Waals surface area contributed by atoms with E-state index >= 15 is 0 Å². The van der Waals surface area contributed by atoms with Crippen molar-refractivity contribution in [3.8, 4) is 5.75 Å². The van der Waals surface area contributed by atoms with Gasteiger partial charge in [-0.3, -0.25) is 4.79 Å². The van der Waals surface area contributed by atoms with Gasteiger partial charge in [0.1, 0.15) is 11.8 Å². The highest BCUT2D eigenvalue weighted by Crippen LogP contribution is 2.11. The standard InChI is InChI=1S/C12H17NO6S/c1-19-6-7-20(17,18)13-11(12(15)16)8-9-2-4-10(14)5-3-9/h2-5,11,13-14H,6-8H2,1H3,(H,15,16). The molecule has 0 amide bonds. The van der Waals surface area contributed by atoms with Gasteiger partial charge in [0.25, 0.3) is 0 Å². The van der Waals surface area contributed by atoms with Gasteiger partial charge in [0.2, 0.25) is 10.0 Å². The fraction of sp³-hybridized carbons (Fsp3) is 0.417. The van der Waals surface area contributed by atoms with Crippen LogP contribution in [0.15, 0.2) is 24.3 Å². The molecule has 0 aliphatic carbocycles. The molecule has 0 saturated carbocycles. The van der Waals surface area contributed by atoms with Gasteiger partial charge in [-0.1, -0.05) is 12.1 Å². The summed E-state index contributed by atoms with van der Waals surface area (Å²) in [5, 5.41) is 18.2. The van der Waals surface area contributed by atoms with Crippen LogP contribution in [0, 0.1) is 0 Å². The number of aliphatic carboxylic acids is 1. The van der Waals surface area contributed by atoms with E-state index in [9.17, 15) is 13.2 Å². The first kappa shape index (κ1) is 16.4. The minimum Gasteiger partial charge on any atom is -0.508 e. The van der Waals surface area contributed by atoms with Crippen LogP contribution in [0.1, 0.15) is 5.56 Å². The summed E-state index contributed by atoms with van der Waals surface area (Å²) in [7, 11) is -2.36. The van der Waals surface area contributed by atoms with Crippen molar-refractivity contribution in [1.29, 1.82) is 0 Å². The number of carboxylic acid groups (broad SMARTS) is 1. The normalized spacial score (nSPS) is 13.1. The van der Waals surface area contributed by atoms with E-state index in [4.69, 9.17) is 10.2 Å². The highest BCUT2D eigenvalue weighted by atomic mass is 32.2. The van der Waals surface area contributed by atoms with Gasteiger partial charge in [-0.15, -0.1) is 0 Å². The van der Waals surface area contributed by atoms with Gasteiger partial charge in [-0.2, -0.15) is 0 Å². The van der Waals surface area contributed by atoms with E-state index in [2.05, 4.69) is 9.46 Å². The van der Waals surface area contributed by atoms with Gasteiger partial charge in [-0.25, -0.2) is 13.1 Å². The van der Waals surface area contributed by atoms with Crippen molar-refractivity contribution < 1.29 is 28.2 Å². The lowest BCUT2D eigenvalue weighted by atomic mass is 10.1. The smallest absolute Gasteiger partial charge is 0.322 e. The largest absolute Gasteiger partial charge is 0.508 e. The lowest BCUT2D eigenvalue weighted by Crippen LogP contribution is -2.43. The fourth-order valence-corrected chi connectivity index (χ4v) is 2.64. The Morgan fingerprint density at radius 3 is 2.45 bits per heavy atom. The molecule has 3 N–H and O–H groups in total. The van der Waals surface area contributed by atoms with E-state index in [0.29, 0.717) is 5.56 Å². The van der Waals surface area contributed by atoms with Crippen molar-refractivity contribution >= 4 is 16.0 Å². The van der Waals surface area contributed by atoms with Gasteiger partial charge >= 0.3 is 5.97 Å². The molecule has 0 heterocycles. The van der Waals surface area contributed by atoms with Gasteiger partial charge in [0.05, 0.1) is 12.4 Å². The molecule has 0 fully saturated rings. The Kier molecular flexibility index (Phi) is 5.93. The predicted molar refractivity (Wildman–Crippen MR) is 72.0 cm³/mol. The van der Waals surface area contributed by atoms with E-state index in [1.54, 1.807) is 0 Å². The van der Waals surface area contributed by atoms with Crippen LogP contribution in [-0.4, -0.2) is 50.1 Å². The first-order valence-electron chi connectivity index (χ1n) is 5.83. The van der Waals surface area contributed by atoms with Crippen LogP contribution in [0.3, 0.4) is 0 Å². The van der Waals surface area contributed by atoms with Crippen molar-refractivity contribution in [3.63, 3.8) is 0 Å². The van der Waals surface area contributed by atoms with Crippen molar-refractivity contribution in [1.82, 2.24) is 4.72 Å². The Bertz CT molecular complexity index is 540. The fourth-order valence-electron chi connectivity index (χ4n) is 1.52. The first-order chi connectivity index (χ1) is 9.34. The summed E-state index contributed by atoms with van der Waals surface area (Å²) in [4.78, 5) is 11.1. The molecule has 0 aliphatic rings. The Morgan fingerprint density at radius 1 is 1.35 bits per heavy atom. The lowest BCUT2D eigenvalue weighted by molar-refractivity contribution is -0.138. The van der Waals surface area contributed by atoms with Crippen molar-refractivity contribution in [2.45, 2.75) is 12.5 Å². The number of phenolic OH excluding ortho intramolecular Hbond substituents is 1. The number of hydrogen-bond donors (Lipinski definition) is 3. The van der Waals surface area contributed by atoms with Gasteiger partial charge in [0.15, 0.2) is 0 Å². The minimum absolute atomic E-state index is 0.0121. The molecule has 0 saturated heterocycles. The van der Waals surface area contributed by atoms with Crippen molar-refractivity contribution in [2.75, 3.05) is 19.5 Å². The van der Waals surface area contributed by atoms with Crippen LogP contribution in [0.2, 0.25) is 0 Å². The molecule has 112 valence electrons. The van der Waals surface area contributed by atoms with Crippen LogP contribution >= 0.6 is 0 Å².